The zero-order chi connectivity index (χ0) is 11.4. The van der Waals surface area contributed by atoms with Gasteiger partial charge in [-0.3, -0.25) is 0 Å². The van der Waals surface area contributed by atoms with E-state index < -0.39 is 5.97 Å². The number of carbonyl (C=O) groups is 1. The lowest BCUT2D eigenvalue weighted by molar-refractivity contribution is 0.0379. The molecule has 5 heteroatoms. The molecule has 0 radical (unpaired) electrons. The van der Waals surface area contributed by atoms with Gasteiger partial charge in [-0.05, 0) is 32.0 Å². The summed E-state index contributed by atoms with van der Waals surface area (Å²) in [6.45, 7) is 3.57. The first-order valence-electron chi connectivity index (χ1n) is 4.69. The minimum absolute atomic E-state index is 0. The van der Waals surface area contributed by atoms with E-state index in [9.17, 15) is 4.79 Å². The second kappa shape index (κ2) is 6.23. The van der Waals surface area contributed by atoms with Gasteiger partial charge >= 0.3 is 5.97 Å². The number of esters is 1. The maximum Gasteiger partial charge on any atom is 0.340 e. The van der Waals surface area contributed by atoms with Gasteiger partial charge in [0.05, 0.1) is 18.8 Å². The molecular weight excluding hydrogens is 230 g/mol. The molecule has 0 aromatic heterocycles. The number of methoxy groups -OCH3 is 1. The lowest BCUT2D eigenvalue weighted by atomic mass is 10.1. The van der Waals surface area contributed by atoms with Gasteiger partial charge in [-0.1, -0.05) is 0 Å². The Balaban J connectivity index is 0.00000225. The van der Waals surface area contributed by atoms with Crippen molar-refractivity contribution < 1.29 is 14.3 Å². The average Bonchev–Trinajstić information content (AvgIpc) is 2.17. The number of anilines is 1. The van der Waals surface area contributed by atoms with E-state index in [0.717, 1.165) is 0 Å². The van der Waals surface area contributed by atoms with E-state index in [1.165, 1.54) is 7.11 Å². The molecule has 0 aliphatic carbocycles. The SMILES string of the molecule is COc1ccc(N)c(C(=O)OC(C)C)c1.Cl. The number of benzene rings is 1. The molecule has 0 unspecified atom stereocenters. The highest BCUT2D eigenvalue weighted by molar-refractivity contribution is 5.95. The number of nitrogen functional groups attached to an aromatic ring is 1. The van der Waals surface area contributed by atoms with Crippen molar-refractivity contribution in [3.05, 3.63) is 23.8 Å². The quantitative estimate of drug-likeness (QED) is 0.656. The molecule has 1 aromatic rings. The zero-order valence-electron chi connectivity index (χ0n) is 9.52. The summed E-state index contributed by atoms with van der Waals surface area (Å²) >= 11 is 0. The summed E-state index contributed by atoms with van der Waals surface area (Å²) in [5, 5.41) is 0. The van der Waals surface area contributed by atoms with Crippen LogP contribution < -0.4 is 10.5 Å². The molecule has 1 rings (SSSR count). The van der Waals surface area contributed by atoms with Crippen LogP contribution in [0.3, 0.4) is 0 Å². The molecule has 0 aliphatic heterocycles. The molecule has 0 aliphatic rings. The van der Waals surface area contributed by atoms with E-state index >= 15 is 0 Å². The van der Waals surface area contributed by atoms with Gasteiger partial charge < -0.3 is 15.2 Å². The monoisotopic (exact) mass is 245 g/mol. The largest absolute Gasteiger partial charge is 0.497 e. The van der Waals surface area contributed by atoms with Gasteiger partial charge in [-0.2, -0.15) is 0 Å². The predicted octanol–water partition coefficient (Wildman–Crippen LogP) is 2.26. The van der Waals surface area contributed by atoms with E-state index in [2.05, 4.69) is 0 Å². The Labute approximate surface area is 101 Å². The summed E-state index contributed by atoms with van der Waals surface area (Å²) in [5.74, 6) is 0.154. The number of carbonyl (C=O) groups excluding carboxylic acids is 1. The fourth-order valence-electron chi connectivity index (χ4n) is 1.12. The van der Waals surface area contributed by atoms with Gasteiger partial charge in [-0.15, -0.1) is 12.4 Å². The molecule has 2 N–H and O–H groups in total. The van der Waals surface area contributed by atoms with Crippen LogP contribution in [0.2, 0.25) is 0 Å². The van der Waals surface area contributed by atoms with Crippen molar-refractivity contribution in [3.63, 3.8) is 0 Å². The van der Waals surface area contributed by atoms with Gasteiger partial charge in [0.25, 0.3) is 0 Å². The number of nitrogens with two attached hydrogens (primary N) is 1. The van der Waals surface area contributed by atoms with Crippen LogP contribution in [-0.2, 0) is 4.74 Å². The van der Waals surface area contributed by atoms with Crippen LogP contribution >= 0.6 is 12.4 Å². The summed E-state index contributed by atoms with van der Waals surface area (Å²) in [4.78, 5) is 11.6. The van der Waals surface area contributed by atoms with Crippen molar-refractivity contribution in [2.45, 2.75) is 20.0 Å². The van der Waals surface area contributed by atoms with E-state index in [1.54, 1.807) is 32.0 Å². The molecule has 0 atom stereocenters. The third kappa shape index (κ3) is 3.62. The number of hydrogen-bond acceptors (Lipinski definition) is 4. The Hall–Kier alpha value is -1.42. The second-order valence-corrected chi connectivity index (χ2v) is 3.41. The van der Waals surface area contributed by atoms with Gasteiger partial charge in [0, 0.05) is 5.69 Å². The Morgan fingerprint density at radius 1 is 1.38 bits per heavy atom. The highest BCUT2D eigenvalue weighted by Crippen LogP contribution is 2.20. The molecule has 16 heavy (non-hydrogen) atoms. The number of hydrogen-bond donors (Lipinski definition) is 1. The van der Waals surface area contributed by atoms with Crippen LogP contribution in [0.4, 0.5) is 5.69 Å². The highest BCUT2D eigenvalue weighted by Gasteiger charge is 2.13. The standard InChI is InChI=1S/C11H15NO3.ClH/c1-7(2)15-11(13)9-6-8(14-3)4-5-10(9)12;/h4-7H,12H2,1-3H3;1H. The third-order valence-corrected chi connectivity index (χ3v) is 1.82. The van der Waals surface area contributed by atoms with Crippen molar-refractivity contribution in [2.75, 3.05) is 12.8 Å². The minimum atomic E-state index is -0.429. The molecule has 4 nitrogen and oxygen atoms in total. The van der Waals surface area contributed by atoms with Crippen LogP contribution in [0, 0.1) is 0 Å². The van der Waals surface area contributed by atoms with Crippen LogP contribution in [0.25, 0.3) is 0 Å². The van der Waals surface area contributed by atoms with E-state index in [4.69, 9.17) is 15.2 Å². The van der Waals surface area contributed by atoms with E-state index in [-0.39, 0.29) is 18.5 Å². The fourth-order valence-corrected chi connectivity index (χ4v) is 1.12. The first kappa shape index (κ1) is 14.6. The van der Waals surface area contributed by atoms with Crippen LogP contribution in [0.15, 0.2) is 18.2 Å². The first-order valence-corrected chi connectivity index (χ1v) is 4.69. The lowest BCUT2D eigenvalue weighted by Gasteiger charge is -2.10. The summed E-state index contributed by atoms with van der Waals surface area (Å²) in [6, 6.07) is 4.89. The number of ether oxygens (including phenoxy) is 2. The average molecular weight is 246 g/mol. The molecular formula is C11H16ClNO3. The molecule has 0 saturated heterocycles. The summed E-state index contributed by atoms with van der Waals surface area (Å²) < 4.78 is 10.0. The van der Waals surface area contributed by atoms with Gasteiger partial charge in [0.2, 0.25) is 0 Å². The molecule has 0 heterocycles. The van der Waals surface area contributed by atoms with Crippen LogP contribution in [0.1, 0.15) is 24.2 Å². The predicted molar refractivity (Wildman–Crippen MR) is 65.2 cm³/mol. The lowest BCUT2D eigenvalue weighted by Crippen LogP contribution is -2.13. The minimum Gasteiger partial charge on any atom is -0.497 e. The fraction of sp³-hybridized carbons (Fsp3) is 0.364. The maximum absolute atomic E-state index is 11.6. The molecule has 0 amide bonds. The van der Waals surface area contributed by atoms with Gasteiger partial charge in [0.15, 0.2) is 0 Å². The van der Waals surface area contributed by atoms with Gasteiger partial charge in [-0.25, -0.2) is 4.79 Å². The van der Waals surface area contributed by atoms with Crippen molar-refractivity contribution >= 4 is 24.1 Å². The van der Waals surface area contributed by atoms with E-state index in [0.29, 0.717) is 17.0 Å². The summed E-state index contributed by atoms with van der Waals surface area (Å²) in [7, 11) is 1.53. The third-order valence-electron chi connectivity index (χ3n) is 1.82. The van der Waals surface area contributed by atoms with Crippen molar-refractivity contribution in [3.8, 4) is 5.75 Å². The summed E-state index contributed by atoms with van der Waals surface area (Å²) in [6.07, 6.45) is -0.164. The van der Waals surface area contributed by atoms with E-state index in [1.807, 2.05) is 0 Å². The molecule has 0 spiro atoms. The Bertz CT molecular complexity index is 366. The Morgan fingerprint density at radius 3 is 2.50 bits per heavy atom. The van der Waals surface area contributed by atoms with Gasteiger partial charge in [0.1, 0.15) is 5.75 Å². The van der Waals surface area contributed by atoms with Crippen molar-refractivity contribution in [2.24, 2.45) is 0 Å². The van der Waals surface area contributed by atoms with Crippen LogP contribution in [-0.4, -0.2) is 19.2 Å². The molecule has 90 valence electrons. The molecule has 0 bridgehead atoms. The number of rotatable bonds is 3. The topological polar surface area (TPSA) is 61.5 Å². The normalized spacial score (nSPS) is 9.50. The second-order valence-electron chi connectivity index (χ2n) is 3.41. The maximum atomic E-state index is 11.6. The van der Waals surface area contributed by atoms with Crippen LogP contribution in [0.5, 0.6) is 5.75 Å². The molecule has 0 saturated carbocycles. The zero-order valence-corrected chi connectivity index (χ0v) is 10.3. The smallest absolute Gasteiger partial charge is 0.340 e. The first-order chi connectivity index (χ1) is 7.04. The molecule has 0 fully saturated rings. The molecule has 1 aromatic carbocycles. The highest BCUT2D eigenvalue weighted by atomic mass is 35.5. The van der Waals surface area contributed by atoms with Crippen molar-refractivity contribution in [1.82, 2.24) is 0 Å². The van der Waals surface area contributed by atoms with Crippen molar-refractivity contribution in [1.29, 1.82) is 0 Å². The Kier molecular flexibility index (Phi) is 5.67. The summed E-state index contributed by atoms with van der Waals surface area (Å²) in [5.41, 5.74) is 6.39. The Morgan fingerprint density at radius 2 is 2.00 bits per heavy atom. The number of halogens is 1.